The molecule has 0 spiro atoms. The van der Waals surface area contributed by atoms with Crippen LogP contribution in [0.4, 0.5) is 17.2 Å². The molecule has 1 aromatic carbocycles. The van der Waals surface area contributed by atoms with Crippen molar-refractivity contribution >= 4 is 28.8 Å². The smallest absolute Gasteiger partial charge is 0.139 e. The number of phenols is 1. The van der Waals surface area contributed by atoms with Crippen molar-refractivity contribution in [3.05, 3.63) is 41.6 Å². The molecule has 0 bridgehead atoms. The van der Waals surface area contributed by atoms with Crippen molar-refractivity contribution in [2.45, 2.75) is 0 Å². The number of pyridine rings is 1. The maximum Gasteiger partial charge on any atom is 0.139 e. The Hall–Kier alpha value is -1.94. The number of anilines is 3. The van der Waals surface area contributed by atoms with Crippen LogP contribution in [0.15, 0.2) is 36.4 Å². The summed E-state index contributed by atoms with van der Waals surface area (Å²) in [5, 5.41) is 12.8. The molecule has 0 fully saturated rings. The normalized spacial score (nSPS) is 10.1. The van der Waals surface area contributed by atoms with E-state index < -0.39 is 0 Å². The average Bonchev–Trinajstić information content (AvgIpc) is 2.20. The Bertz CT molecular complexity index is 496. The standard InChI is InChI=1S/C11H10ClN3O/c12-10-5-7(13)6-11(15-10)14-8-3-1-2-4-9(8)16/h1-6,16H,(H3,13,14,15). The van der Waals surface area contributed by atoms with Gasteiger partial charge in [0.25, 0.3) is 0 Å². The Kier molecular flexibility index (Phi) is 2.83. The number of hydrogen-bond donors (Lipinski definition) is 3. The fourth-order valence-corrected chi connectivity index (χ4v) is 1.52. The van der Waals surface area contributed by atoms with Gasteiger partial charge in [-0.2, -0.15) is 0 Å². The number of hydrogen-bond acceptors (Lipinski definition) is 4. The highest BCUT2D eigenvalue weighted by Gasteiger charge is 2.02. The van der Waals surface area contributed by atoms with Crippen LogP contribution in [0.25, 0.3) is 0 Å². The van der Waals surface area contributed by atoms with Gasteiger partial charge in [-0.25, -0.2) is 4.98 Å². The van der Waals surface area contributed by atoms with Crippen LogP contribution in [-0.4, -0.2) is 10.1 Å². The average molecular weight is 236 g/mol. The van der Waals surface area contributed by atoms with Crippen molar-refractivity contribution in [2.24, 2.45) is 0 Å². The van der Waals surface area contributed by atoms with Gasteiger partial charge in [-0.05, 0) is 18.2 Å². The van der Waals surface area contributed by atoms with Gasteiger partial charge in [-0.15, -0.1) is 0 Å². The van der Waals surface area contributed by atoms with Crippen molar-refractivity contribution in [3.63, 3.8) is 0 Å². The molecule has 2 aromatic rings. The van der Waals surface area contributed by atoms with E-state index in [-0.39, 0.29) is 5.75 Å². The minimum absolute atomic E-state index is 0.142. The van der Waals surface area contributed by atoms with Gasteiger partial charge in [-0.3, -0.25) is 0 Å². The molecule has 0 saturated carbocycles. The zero-order valence-corrected chi connectivity index (χ0v) is 9.07. The fraction of sp³-hybridized carbons (Fsp3) is 0. The summed E-state index contributed by atoms with van der Waals surface area (Å²) in [7, 11) is 0. The minimum Gasteiger partial charge on any atom is -0.506 e. The van der Waals surface area contributed by atoms with Crippen LogP contribution in [0.2, 0.25) is 5.15 Å². The molecular weight excluding hydrogens is 226 g/mol. The monoisotopic (exact) mass is 235 g/mol. The first-order valence-corrected chi connectivity index (χ1v) is 5.01. The van der Waals surface area contributed by atoms with Crippen molar-refractivity contribution in [1.29, 1.82) is 0 Å². The highest BCUT2D eigenvalue weighted by molar-refractivity contribution is 6.29. The van der Waals surface area contributed by atoms with E-state index in [2.05, 4.69) is 10.3 Å². The third kappa shape index (κ3) is 2.35. The number of phenolic OH excluding ortho intramolecular Hbond substituents is 1. The number of benzene rings is 1. The number of nitrogens with one attached hydrogen (secondary N) is 1. The molecule has 1 heterocycles. The summed E-state index contributed by atoms with van der Waals surface area (Å²) in [4.78, 5) is 4.03. The van der Waals surface area contributed by atoms with Crippen LogP contribution in [0, 0.1) is 0 Å². The number of nitrogen functional groups attached to an aromatic ring is 1. The van der Waals surface area contributed by atoms with Gasteiger partial charge in [0.1, 0.15) is 16.7 Å². The molecule has 4 nitrogen and oxygen atoms in total. The van der Waals surface area contributed by atoms with Crippen LogP contribution < -0.4 is 11.1 Å². The van der Waals surface area contributed by atoms with Gasteiger partial charge in [0.15, 0.2) is 0 Å². The topological polar surface area (TPSA) is 71.2 Å². The Morgan fingerprint density at radius 2 is 2.00 bits per heavy atom. The van der Waals surface area contributed by atoms with E-state index in [0.717, 1.165) is 0 Å². The molecular formula is C11H10ClN3O. The Morgan fingerprint density at radius 1 is 1.25 bits per heavy atom. The molecule has 1 aromatic heterocycles. The van der Waals surface area contributed by atoms with E-state index in [9.17, 15) is 5.11 Å². The first-order valence-electron chi connectivity index (χ1n) is 4.63. The third-order valence-electron chi connectivity index (χ3n) is 1.98. The predicted molar refractivity (Wildman–Crippen MR) is 65.0 cm³/mol. The minimum atomic E-state index is 0.142. The summed E-state index contributed by atoms with van der Waals surface area (Å²) in [5.74, 6) is 0.634. The van der Waals surface area contributed by atoms with Crippen LogP contribution >= 0.6 is 11.6 Å². The van der Waals surface area contributed by atoms with E-state index >= 15 is 0 Å². The Morgan fingerprint density at radius 3 is 2.69 bits per heavy atom. The molecule has 0 aliphatic carbocycles. The number of nitrogens with zero attached hydrogens (tertiary/aromatic N) is 1. The summed E-state index contributed by atoms with van der Waals surface area (Å²) in [5.41, 5.74) is 6.69. The second-order valence-electron chi connectivity index (χ2n) is 3.25. The van der Waals surface area contributed by atoms with E-state index in [1.807, 2.05) is 0 Å². The molecule has 0 saturated heterocycles. The molecule has 0 atom stereocenters. The predicted octanol–water partition coefficient (Wildman–Crippen LogP) is 2.77. The highest BCUT2D eigenvalue weighted by atomic mass is 35.5. The van der Waals surface area contributed by atoms with Crippen LogP contribution in [0.5, 0.6) is 5.75 Å². The van der Waals surface area contributed by atoms with Crippen molar-refractivity contribution < 1.29 is 5.11 Å². The number of aromatic hydroxyl groups is 1. The Labute approximate surface area is 97.7 Å². The maximum absolute atomic E-state index is 9.56. The van der Waals surface area contributed by atoms with Gasteiger partial charge >= 0.3 is 0 Å². The number of nitrogens with two attached hydrogens (primary N) is 1. The second-order valence-corrected chi connectivity index (χ2v) is 3.64. The van der Waals surface area contributed by atoms with E-state index in [1.54, 1.807) is 36.4 Å². The maximum atomic E-state index is 9.56. The molecule has 5 heteroatoms. The molecule has 0 radical (unpaired) electrons. The molecule has 0 unspecified atom stereocenters. The third-order valence-corrected chi connectivity index (χ3v) is 2.18. The first-order chi connectivity index (χ1) is 7.65. The van der Waals surface area contributed by atoms with Gasteiger partial charge in [0.05, 0.1) is 5.69 Å². The van der Waals surface area contributed by atoms with E-state index in [4.69, 9.17) is 17.3 Å². The number of rotatable bonds is 2. The van der Waals surface area contributed by atoms with Gasteiger partial charge < -0.3 is 16.2 Å². The SMILES string of the molecule is Nc1cc(Cl)nc(Nc2ccccc2O)c1. The lowest BCUT2D eigenvalue weighted by Crippen LogP contribution is -1.96. The number of halogens is 1. The van der Waals surface area contributed by atoms with Crippen LogP contribution in [0.1, 0.15) is 0 Å². The zero-order valence-electron chi connectivity index (χ0n) is 8.31. The second kappa shape index (κ2) is 4.28. The molecule has 4 N–H and O–H groups in total. The number of aromatic nitrogens is 1. The van der Waals surface area contributed by atoms with Gasteiger partial charge in [-0.1, -0.05) is 23.7 Å². The molecule has 16 heavy (non-hydrogen) atoms. The van der Waals surface area contributed by atoms with Crippen LogP contribution in [0.3, 0.4) is 0 Å². The molecule has 82 valence electrons. The van der Waals surface area contributed by atoms with Gasteiger partial charge in [0.2, 0.25) is 0 Å². The quantitative estimate of drug-likeness (QED) is 0.553. The summed E-state index contributed by atoms with van der Waals surface area (Å²) in [6.45, 7) is 0. The summed E-state index contributed by atoms with van der Waals surface area (Å²) < 4.78 is 0. The largest absolute Gasteiger partial charge is 0.506 e. The lowest BCUT2D eigenvalue weighted by Gasteiger charge is -2.08. The summed E-state index contributed by atoms with van der Waals surface area (Å²) >= 11 is 5.76. The highest BCUT2D eigenvalue weighted by Crippen LogP contribution is 2.26. The molecule has 0 aliphatic rings. The Balaban J connectivity index is 2.30. The van der Waals surface area contributed by atoms with Crippen molar-refractivity contribution in [2.75, 3.05) is 11.1 Å². The van der Waals surface area contributed by atoms with Gasteiger partial charge in [0, 0.05) is 11.8 Å². The molecule has 2 rings (SSSR count). The van der Waals surface area contributed by atoms with Crippen molar-refractivity contribution in [3.8, 4) is 5.75 Å². The van der Waals surface area contributed by atoms with Crippen LogP contribution in [-0.2, 0) is 0 Å². The summed E-state index contributed by atoms with van der Waals surface area (Å²) in [6.07, 6.45) is 0. The molecule has 0 aliphatic heterocycles. The van der Waals surface area contributed by atoms with E-state index in [0.29, 0.717) is 22.3 Å². The molecule has 0 amide bonds. The number of para-hydroxylation sites is 2. The lowest BCUT2D eigenvalue weighted by atomic mass is 10.3. The zero-order chi connectivity index (χ0) is 11.5. The van der Waals surface area contributed by atoms with E-state index in [1.165, 1.54) is 0 Å². The first kappa shape index (κ1) is 10.6. The summed E-state index contributed by atoms with van der Waals surface area (Å²) in [6, 6.07) is 10.0. The van der Waals surface area contributed by atoms with Crippen molar-refractivity contribution in [1.82, 2.24) is 4.98 Å². The lowest BCUT2D eigenvalue weighted by molar-refractivity contribution is 0.477. The fourth-order valence-electron chi connectivity index (χ4n) is 1.30.